The Labute approximate surface area is 108 Å². The average Bonchev–Trinajstić information content (AvgIpc) is 2.65. The zero-order valence-electron chi connectivity index (χ0n) is 8.98. The lowest BCUT2D eigenvalue weighted by Crippen LogP contribution is -2.00. The van der Waals surface area contributed by atoms with E-state index in [4.69, 9.17) is 0 Å². The molecule has 0 saturated carbocycles. The molecule has 1 aromatic heterocycles. The van der Waals surface area contributed by atoms with Crippen LogP contribution in [-0.2, 0) is 6.42 Å². The maximum absolute atomic E-state index is 10.1. The van der Waals surface area contributed by atoms with Gasteiger partial charge < -0.3 is 5.11 Å². The van der Waals surface area contributed by atoms with E-state index in [0.717, 1.165) is 15.6 Å². The van der Waals surface area contributed by atoms with Crippen molar-refractivity contribution in [1.82, 2.24) is 0 Å². The van der Waals surface area contributed by atoms with E-state index in [1.165, 1.54) is 4.88 Å². The first-order chi connectivity index (χ1) is 7.65. The number of aliphatic hydroxyl groups is 1. The Balaban J connectivity index is 2.10. The van der Waals surface area contributed by atoms with Crippen LogP contribution in [0.3, 0.4) is 0 Å². The Bertz CT molecular complexity index is 478. The molecule has 0 aliphatic heterocycles. The minimum absolute atomic E-state index is 0.403. The molecular formula is C13H13BrOS. The summed E-state index contributed by atoms with van der Waals surface area (Å²) in [5.41, 5.74) is 2.16. The van der Waals surface area contributed by atoms with Crippen LogP contribution in [0, 0.1) is 6.92 Å². The first kappa shape index (κ1) is 11.8. The van der Waals surface area contributed by atoms with Crippen molar-refractivity contribution >= 4 is 27.3 Å². The van der Waals surface area contributed by atoms with Gasteiger partial charge in [0.05, 0.1) is 6.10 Å². The molecule has 0 radical (unpaired) electrons. The van der Waals surface area contributed by atoms with E-state index in [9.17, 15) is 5.11 Å². The summed E-state index contributed by atoms with van der Waals surface area (Å²) >= 11 is 5.11. The number of benzene rings is 1. The normalized spacial score (nSPS) is 12.7. The second-order valence-electron chi connectivity index (χ2n) is 3.84. The number of aliphatic hydroxyl groups excluding tert-OH is 1. The third kappa shape index (κ3) is 2.94. The van der Waals surface area contributed by atoms with Crippen LogP contribution in [0.2, 0.25) is 0 Å². The summed E-state index contributed by atoms with van der Waals surface area (Å²) in [5.74, 6) is 0. The van der Waals surface area contributed by atoms with E-state index in [-0.39, 0.29) is 0 Å². The molecule has 0 spiro atoms. The van der Waals surface area contributed by atoms with Gasteiger partial charge in [-0.3, -0.25) is 0 Å². The van der Waals surface area contributed by atoms with E-state index < -0.39 is 6.10 Å². The summed E-state index contributed by atoms with van der Waals surface area (Å²) in [4.78, 5) is 1.24. The van der Waals surface area contributed by atoms with E-state index in [1.54, 1.807) is 11.3 Å². The molecule has 3 heteroatoms. The summed E-state index contributed by atoms with van der Waals surface area (Å²) in [6.07, 6.45) is 0.259. The highest BCUT2D eigenvalue weighted by Gasteiger charge is 2.10. The zero-order chi connectivity index (χ0) is 11.5. The molecule has 84 valence electrons. The summed E-state index contributed by atoms with van der Waals surface area (Å²) in [5, 5.41) is 12.1. The monoisotopic (exact) mass is 296 g/mol. The molecule has 1 unspecified atom stereocenters. The quantitative estimate of drug-likeness (QED) is 0.904. The summed E-state index contributed by atoms with van der Waals surface area (Å²) in [6, 6.07) is 10.1. The second-order valence-corrected chi connectivity index (χ2v) is 5.87. The Hall–Kier alpha value is -0.640. The highest BCUT2D eigenvalue weighted by molar-refractivity contribution is 9.10. The molecule has 2 rings (SSSR count). The van der Waals surface area contributed by atoms with Crippen molar-refractivity contribution in [3.63, 3.8) is 0 Å². The highest BCUT2D eigenvalue weighted by Crippen LogP contribution is 2.24. The lowest BCUT2D eigenvalue weighted by molar-refractivity contribution is 0.179. The van der Waals surface area contributed by atoms with Crippen molar-refractivity contribution in [2.45, 2.75) is 19.4 Å². The molecular weight excluding hydrogens is 284 g/mol. The molecule has 0 amide bonds. The van der Waals surface area contributed by atoms with Crippen molar-refractivity contribution in [3.05, 3.63) is 56.2 Å². The Morgan fingerprint density at radius 2 is 2.19 bits per heavy atom. The van der Waals surface area contributed by atoms with Gasteiger partial charge in [0.15, 0.2) is 0 Å². The van der Waals surface area contributed by atoms with E-state index >= 15 is 0 Å². The predicted molar refractivity (Wildman–Crippen MR) is 71.9 cm³/mol. The van der Waals surface area contributed by atoms with E-state index in [0.29, 0.717) is 6.42 Å². The smallest absolute Gasteiger partial charge is 0.0838 e. The largest absolute Gasteiger partial charge is 0.388 e. The third-order valence-corrected chi connectivity index (χ3v) is 3.83. The van der Waals surface area contributed by atoms with Gasteiger partial charge in [-0.1, -0.05) is 28.1 Å². The van der Waals surface area contributed by atoms with Gasteiger partial charge in [0, 0.05) is 15.8 Å². The van der Waals surface area contributed by atoms with Crippen LogP contribution in [-0.4, -0.2) is 5.11 Å². The van der Waals surface area contributed by atoms with Crippen LogP contribution in [0.1, 0.15) is 22.1 Å². The maximum atomic E-state index is 10.1. The fourth-order valence-electron chi connectivity index (χ4n) is 1.64. The van der Waals surface area contributed by atoms with Crippen molar-refractivity contribution in [2.75, 3.05) is 0 Å². The van der Waals surface area contributed by atoms with Gasteiger partial charge in [-0.2, -0.15) is 0 Å². The number of aryl methyl sites for hydroxylation is 1. The molecule has 0 bridgehead atoms. The first-order valence-corrected chi connectivity index (χ1v) is 6.80. The molecule has 1 nitrogen and oxygen atoms in total. The summed E-state index contributed by atoms with van der Waals surface area (Å²) in [6.45, 7) is 2.06. The van der Waals surface area contributed by atoms with Crippen molar-refractivity contribution < 1.29 is 5.11 Å². The van der Waals surface area contributed by atoms with Gasteiger partial charge in [0.1, 0.15) is 0 Å². The maximum Gasteiger partial charge on any atom is 0.0838 e. The minimum Gasteiger partial charge on any atom is -0.388 e. The lowest BCUT2D eigenvalue weighted by Gasteiger charge is -2.09. The molecule has 0 fully saturated rings. The summed E-state index contributed by atoms with van der Waals surface area (Å²) < 4.78 is 1.05. The molecule has 1 atom stereocenters. The van der Waals surface area contributed by atoms with Crippen LogP contribution in [0.25, 0.3) is 0 Å². The van der Waals surface area contributed by atoms with Crippen molar-refractivity contribution in [3.8, 4) is 0 Å². The van der Waals surface area contributed by atoms with Crippen LogP contribution in [0.4, 0.5) is 0 Å². The standard InChI is InChI=1S/C13H13BrOS/c1-9-5-11(8-16-9)13(15)7-10-3-2-4-12(14)6-10/h2-6,8,13,15H,7H2,1H3. The molecule has 0 aliphatic rings. The average molecular weight is 297 g/mol. The van der Waals surface area contributed by atoms with Crippen LogP contribution < -0.4 is 0 Å². The molecule has 1 N–H and O–H groups in total. The Morgan fingerprint density at radius 3 is 2.81 bits per heavy atom. The SMILES string of the molecule is Cc1cc(C(O)Cc2cccc(Br)c2)cs1. The fourth-order valence-corrected chi connectivity index (χ4v) is 2.84. The van der Waals surface area contributed by atoms with Gasteiger partial charge in [-0.05, 0) is 41.6 Å². The Morgan fingerprint density at radius 1 is 1.38 bits per heavy atom. The molecule has 1 aromatic carbocycles. The molecule has 0 aliphatic carbocycles. The van der Waals surface area contributed by atoms with Gasteiger partial charge in [0.2, 0.25) is 0 Å². The van der Waals surface area contributed by atoms with E-state index in [1.807, 2.05) is 35.7 Å². The highest BCUT2D eigenvalue weighted by atomic mass is 79.9. The number of thiophene rings is 1. The second kappa shape index (κ2) is 5.13. The van der Waals surface area contributed by atoms with Gasteiger partial charge >= 0.3 is 0 Å². The zero-order valence-corrected chi connectivity index (χ0v) is 11.4. The van der Waals surface area contributed by atoms with Crippen LogP contribution in [0.15, 0.2) is 40.2 Å². The Kier molecular flexibility index (Phi) is 3.79. The number of halogens is 1. The molecule has 1 heterocycles. The van der Waals surface area contributed by atoms with E-state index in [2.05, 4.69) is 22.9 Å². The van der Waals surface area contributed by atoms with Crippen molar-refractivity contribution in [2.24, 2.45) is 0 Å². The van der Waals surface area contributed by atoms with Gasteiger partial charge in [0.25, 0.3) is 0 Å². The molecule has 2 aromatic rings. The number of hydrogen-bond donors (Lipinski definition) is 1. The summed E-state index contributed by atoms with van der Waals surface area (Å²) in [7, 11) is 0. The van der Waals surface area contributed by atoms with Gasteiger partial charge in [-0.15, -0.1) is 11.3 Å². The van der Waals surface area contributed by atoms with Crippen LogP contribution in [0.5, 0.6) is 0 Å². The third-order valence-electron chi connectivity index (χ3n) is 2.45. The van der Waals surface area contributed by atoms with Crippen LogP contribution >= 0.6 is 27.3 Å². The van der Waals surface area contributed by atoms with Gasteiger partial charge in [-0.25, -0.2) is 0 Å². The lowest BCUT2D eigenvalue weighted by atomic mass is 10.0. The molecule has 0 saturated heterocycles. The van der Waals surface area contributed by atoms with Crippen molar-refractivity contribution in [1.29, 1.82) is 0 Å². The first-order valence-electron chi connectivity index (χ1n) is 5.12. The minimum atomic E-state index is -0.403. The molecule has 16 heavy (non-hydrogen) atoms. The predicted octanol–water partition coefficient (Wildman–Crippen LogP) is 4.10. The topological polar surface area (TPSA) is 20.2 Å². The number of hydrogen-bond acceptors (Lipinski definition) is 2. The fraction of sp³-hybridized carbons (Fsp3) is 0.231. The number of rotatable bonds is 3.